The first-order valence-electron chi connectivity index (χ1n) is 10.6. The van der Waals surface area contributed by atoms with Crippen LogP contribution in [0.4, 0.5) is 11.4 Å². The SMILES string of the molecule is COc1ccc(NC(=O)c2nnc(C(=O)N3CCC(C(=O)Nc4cccc(Cl)c4)CC3)s2)cc1. The molecule has 0 bridgehead atoms. The highest BCUT2D eigenvalue weighted by atomic mass is 35.5. The molecule has 0 spiro atoms. The lowest BCUT2D eigenvalue weighted by molar-refractivity contribution is -0.121. The number of likely N-dealkylation sites (tertiary alicyclic amines) is 1. The topological polar surface area (TPSA) is 114 Å². The van der Waals surface area contributed by atoms with E-state index in [1.165, 1.54) is 0 Å². The van der Waals surface area contributed by atoms with Crippen molar-refractivity contribution in [2.45, 2.75) is 12.8 Å². The van der Waals surface area contributed by atoms with Gasteiger partial charge in [0.2, 0.25) is 15.9 Å². The summed E-state index contributed by atoms with van der Waals surface area (Å²) in [6, 6.07) is 13.8. The Morgan fingerprint density at radius 2 is 1.71 bits per heavy atom. The quantitative estimate of drug-likeness (QED) is 0.531. The van der Waals surface area contributed by atoms with E-state index in [0.29, 0.717) is 48.1 Å². The van der Waals surface area contributed by atoms with Crippen LogP contribution in [0.25, 0.3) is 0 Å². The molecule has 0 unspecified atom stereocenters. The van der Waals surface area contributed by atoms with Crippen LogP contribution in [0.1, 0.15) is 32.4 Å². The molecule has 1 saturated heterocycles. The molecule has 2 heterocycles. The lowest BCUT2D eigenvalue weighted by Gasteiger charge is -2.30. The van der Waals surface area contributed by atoms with E-state index in [2.05, 4.69) is 20.8 Å². The maximum absolute atomic E-state index is 12.8. The van der Waals surface area contributed by atoms with Crippen LogP contribution in [0.2, 0.25) is 5.02 Å². The van der Waals surface area contributed by atoms with Crippen LogP contribution in [-0.2, 0) is 4.79 Å². The molecule has 2 N–H and O–H groups in total. The maximum Gasteiger partial charge on any atom is 0.286 e. The number of carbonyl (C=O) groups excluding carboxylic acids is 3. The first-order chi connectivity index (χ1) is 16.4. The normalized spacial score (nSPS) is 13.9. The van der Waals surface area contributed by atoms with Gasteiger partial charge in [0.05, 0.1) is 7.11 Å². The minimum Gasteiger partial charge on any atom is -0.497 e. The number of carbonyl (C=O) groups is 3. The molecule has 4 rings (SSSR count). The van der Waals surface area contributed by atoms with Crippen molar-refractivity contribution in [2.24, 2.45) is 5.92 Å². The second kappa shape index (κ2) is 10.6. The fraction of sp³-hybridized carbons (Fsp3) is 0.261. The van der Waals surface area contributed by atoms with E-state index in [-0.39, 0.29) is 27.7 Å². The maximum atomic E-state index is 12.8. The van der Waals surface area contributed by atoms with Gasteiger partial charge in [-0.2, -0.15) is 0 Å². The average molecular weight is 500 g/mol. The van der Waals surface area contributed by atoms with E-state index < -0.39 is 5.91 Å². The predicted octanol–water partition coefficient (Wildman–Crippen LogP) is 3.94. The lowest BCUT2D eigenvalue weighted by atomic mass is 9.95. The van der Waals surface area contributed by atoms with Crippen molar-refractivity contribution in [3.8, 4) is 5.75 Å². The number of rotatable bonds is 6. The van der Waals surface area contributed by atoms with Crippen molar-refractivity contribution >= 4 is 52.0 Å². The molecular formula is C23H22ClN5O4S. The highest BCUT2D eigenvalue weighted by Gasteiger charge is 2.30. The van der Waals surface area contributed by atoms with Gasteiger partial charge in [-0.25, -0.2) is 0 Å². The minimum atomic E-state index is -0.446. The van der Waals surface area contributed by atoms with Crippen molar-refractivity contribution in [1.82, 2.24) is 15.1 Å². The number of halogens is 1. The monoisotopic (exact) mass is 499 g/mol. The van der Waals surface area contributed by atoms with Crippen molar-refractivity contribution < 1.29 is 19.1 Å². The number of methoxy groups -OCH3 is 1. The van der Waals surface area contributed by atoms with E-state index in [1.54, 1.807) is 60.5 Å². The van der Waals surface area contributed by atoms with Gasteiger partial charge in [-0.15, -0.1) is 10.2 Å². The van der Waals surface area contributed by atoms with E-state index in [9.17, 15) is 14.4 Å². The first kappa shape index (κ1) is 23.7. The van der Waals surface area contributed by atoms with Crippen LogP contribution < -0.4 is 15.4 Å². The summed E-state index contributed by atoms with van der Waals surface area (Å²) in [6.45, 7) is 0.832. The molecule has 1 fully saturated rings. The molecule has 0 aliphatic carbocycles. The molecule has 9 nitrogen and oxygen atoms in total. The number of nitrogens with zero attached hydrogens (tertiary/aromatic N) is 3. The molecule has 3 amide bonds. The molecule has 1 aliphatic rings. The first-order valence-corrected chi connectivity index (χ1v) is 11.8. The van der Waals surface area contributed by atoms with Crippen LogP contribution in [0.5, 0.6) is 5.75 Å². The molecule has 0 atom stereocenters. The summed E-state index contributed by atoms with van der Waals surface area (Å²) in [5, 5.41) is 14.1. The van der Waals surface area contributed by atoms with Crippen molar-refractivity contribution in [1.29, 1.82) is 0 Å². The van der Waals surface area contributed by atoms with E-state index >= 15 is 0 Å². The summed E-state index contributed by atoms with van der Waals surface area (Å²) in [6.07, 6.45) is 1.06. The van der Waals surface area contributed by atoms with Crippen molar-refractivity contribution in [2.75, 3.05) is 30.8 Å². The van der Waals surface area contributed by atoms with Gasteiger partial charge in [-0.05, 0) is 55.3 Å². The fourth-order valence-electron chi connectivity index (χ4n) is 3.55. The Labute approximate surface area is 205 Å². The Balaban J connectivity index is 1.30. The number of amides is 3. The molecule has 34 heavy (non-hydrogen) atoms. The smallest absolute Gasteiger partial charge is 0.286 e. The van der Waals surface area contributed by atoms with Crippen LogP contribution in [0, 0.1) is 5.92 Å². The van der Waals surface area contributed by atoms with Gasteiger partial charge in [0, 0.05) is 35.4 Å². The fourth-order valence-corrected chi connectivity index (χ4v) is 4.45. The summed E-state index contributed by atoms with van der Waals surface area (Å²) >= 11 is 6.90. The molecular weight excluding hydrogens is 478 g/mol. The van der Waals surface area contributed by atoms with Crippen LogP contribution >= 0.6 is 22.9 Å². The molecule has 0 radical (unpaired) electrons. The Morgan fingerprint density at radius 1 is 1.00 bits per heavy atom. The number of anilines is 2. The van der Waals surface area contributed by atoms with Gasteiger partial charge in [0.1, 0.15) is 5.75 Å². The summed E-state index contributed by atoms with van der Waals surface area (Å²) in [4.78, 5) is 39.5. The molecule has 1 aliphatic heterocycles. The summed E-state index contributed by atoms with van der Waals surface area (Å²) in [7, 11) is 1.56. The summed E-state index contributed by atoms with van der Waals surface area (Å²) in [5.74, 6) is -0.369. The molecule has 2 aromatic carbocycles. The number of aromatic nitrogens is 2. The molecule has 1 aromatic heterocycles. The molecule has 176 valence electrons. The molecule has 3 aromatic rings. The Hall–Kier alpha value is -3.50. The lowest BCUT2D eigenvalue weighted by Crippen LogP contribution is -2.41. The number of ether oxygens (including phenoxy) is 1. The van der Waals surface area contributed by atoms with Gasteiger partial charge in [-0.1, -0.05) is 29.0 Å². The second-order valence-electron chi connectivity index (χ2n) is 7.66. The Kier molecular flexibility index (Phi) is 7.39. The molecule has 0 saturated carbocycles. The van der Waals surface area contributed by atoms with Crippen molar-refractivity contribution in [3.63, 3.8) is 0 Å². The van der Waals surface area contributed by atoms with Gasteiger partial charge < -0.3 is 20.3 Å². The molecule has 11 heteroatoms. The van der Waals surface area contributed by atoms with Gasteiger partial charge >= 0.3 is 0 Å². The predicted molar refractivity (Wildman–Crippen MR) is 130 cm³/mol. The minimum absolute atomic E-state index is 0.0925. The van der Waals surface area contributed by atoms with E-state index in [4.69, 9.17) is 16.3 Å². The van der Waals surface area contributed by atoms with Crippen LogP contribution in [0.15, 0.2) is 48.5 Å². The van der Waals surface area contributed by atoms with Crippen LogP contribution in [-0.4, -0.2) is 53.0 Å². The highest BCUT2D eigenvalue weighted by Crippen LogP contribution is 2.23. The standard InChI is InChI=1S/C23H22ClN5O4S/c1-33-18-7-5-16(6-8-18)25-20(31)21-27-28-22(34-21)23(32)29-11-9-14(10-12-29)19(30)26-17-4-2-3-15(24)13-17/h2-8,13-14H,9-12H2,1H3,(H,25,31)(H,26,30). The number of benzene rings is 2. The largest absolute Gasteiger partial charge is 0.497 e. The van der Waals surface area contributed by atoms with Gasteiger partial charge in [0.25, 0.3) is 11.8 Å². The zero-order chi connectivity index (χ0) is 24.1. The summed E-state index contributed by atoms with van der Waals surface area (Å²) in [5.41, 5.74) is 1.22. The Morgan fingerprint density at radius 3 is 2.38 bits per heavy atom. The highest BCUT2D eigenvalue weighted by molar-refractivity contribution is 7.15. The van der Waals surface area contributed by atoms with Crippen LogP contribution in [0.3, 0.4) is 0 Å². The average Bonchev–Trinajstić information content (AvgIpc) is 3.35. The van der Waals surface area contributed by atoms with E-state index in [1.807, 2.05) is 0 Å². The number of hydrogen-bond donors (Lipinski definition) is 2. The third-order valence-electron chi connectivity index (χ3n) is 5.40. The number of hydrogen-bond acceptors (Lipinski definition) is 7. The van der Waals surface area contributed by atoms with Gasteiger partial charge in [0.15, 0.2) is 0 Å². The van der Waals surface area contributed by atoms with E-state index in [0.717, 1.165) is 11.3 Å². The number of piperidine rings is 1. The van der Waals surface area contributed by atoms with Gasteiger partial charge in [-0.3, -0.25) is 14.4 Å². The zero-order valence-electron chi connectivity index (χ0n) is 18.3. The Bertz CT molecular complexity index is 1190. The summed E-state index contributed by atoms with van der Waals surface area (Å²) < 4.78 is 5.09. The zero-order valence-corrected chi connectivity index (χ0v) is 19.9. The number of nitrogens with one attached hydrogen (secondary N) is 2. The van der Waals surface area contributed by atoms with Crippen molar-refractivity contribution in [3.05, 3.63) is 63.6 Å². The second-order valence-corrected chi connectivity index (χ2v) is 9.08. The third kappa shape index (κ3) is 5.70. The third-order valence-corrected chi connectivity index (χ3v) is 6.54.